The quantitative estimate of drug-likeness (QED) is 0.737. The van der Waals surface area contributed by atoms with E-state index in [2.05, 4.69) is 10.3 Å². The van der Waals surface area contributed by atoms with Gasteiger partial charge in [0.25, 0.3) is 5.91 Å². The van der Waals surface area contributed by atoms with Crippen LogP contribution in [0.4, 0.5) is 4.39 Å². The summed E-state index contributed by atoms with van der Waals surface area (Å²) in [6.45, 7) is 3.31. The summed E-state index contributed by atoms with van der Waals surface area (Å²) in [6, 6.07) is 6.27. The molecule has 1 saturated heterocycles. The number of carbonyl (C=O) groups excluding carboxylic acids is 2. The van der Waals surface area contributed by atoms with Gasteiger partial charge < -0.3 is 24.4 Å². The fourth-order valence-corrected chi connectivity index (χ4v) is 4.23. The number of fused-ring (bicyclic) bond motifs is 1. The summed E-state index contributed by atoms with van der Waals surface area (Å²) < 4.78 is 21.1. The molecule has 32 heavy (non-hydrogen) atoms. The fourth-order valence-electron chi connectivity index (χ4n) is 4.23. The van der Waals surface area contributed by atoms with E-state index in [0.29, 0.717) is 44.7 Å². The van der Waals surface area contributed by atoms with Crippen molar-refractivity contribution >= 4 is 11.8 Å². The van der Waals surface area contributed by atoms with E-state index in [9.17, 15) is 14.0 Å². The van der Waals surface area contributed by atoms with E-state index >= 15 is 0 Å². The lowest BCUT2D eigenvalue weighted by Gasteiger charge is -2.31. The van der Waals surface area contributed by atoms with Crippen LogP contribution < -0.4 is 5.32 Å². The van der Waals surface area contributed by atoms with E-state index in [1.807, 2.05) is 23.6 Å². The van der Waals surface area contributed by atoms with Gasteiger partial charge in [0.2, 0.25) is 5.91 Å². The Bertz CT molecular complexity index is 951. The summed E-state index contributed by atoms with van der Waals surface area (Å²) in [4.78, 5) is 33.6. The third-order valence-corrected chi connectivity index (χ3v) is 6.19. The SMILES string of the molecule is CN(C)CCNC(=O)C1CCN(C(=O)c2ncn3c2COC(c2ccc(F)cc2)C3)CC1. The second kappa shape index (κ2) is 9.79. The average Bonchev–Trinajstić information content (AvgIpc) is 3.22. The number of benzene rings is 1. The van der Waals surface area contributed by atoms with Crippen LogP contribution in [-0.4, -0.2) is 71.4 Å². The molecule has 0 spiro atoms. The number of aromatic nitrogens is 2. The van der Waals surface area contributed by atoms with Gasteiger partial charge in [-0.15, -0.1) is 0 Å². The first-order valence-electron chi connectivity index (χ1n) is 11.0. The molecule has 2 amide bonds. The lowest BCUT2D eigenvalue weighted by atomic mass is 9.95. The first kappa shape index (κ1) is 22.4. The molecule has 0 bridgehead atoms. The number of rotatable bonds is 6. The van der Waals surface area contributed by atoms with Crippen LogP contribution in [0.1, 0.15) is 40.7 Å². The summed E-state index contributed by atoms with van der Waals surface area (Å²) in [7, 11) is 3.94. The van der Waals surface area contributed by atoms with Crippen LogP contribution >= 0.6 is 0 Å². The molecule has 9 heteroatoms. The molecular weight excluding hydrogens is 413 g/mol. The fraction of sp³-hybridized carbons (Fsp3) is 0.522. The molecule has 1 aromatic carbocycles. The predicted molar refractivity (Wildman–Crippen MR) is 116 cm³/mol. The summed E-state index contributed by atoms with van der Waals surface area (Å²) in [5.41, 5.74) is 2.07. The van der Waals surface area contributed by atoms with Crippen LogP contribution in [0.2, 0.25) is 0 Å². The molecule has 2 aliphatic rings. The number of hydrogen-bond acceptors (Lipinski definition) is 5. The Balaban J connectivity index is 1.33. The molecule has 2 aliphatic heterocycles. The minimum Gasteiger partial charge on any atom is -0.365 e. The summed E-state index contributed by atoms with van der Waals surface area (Å²) in [6.07, 6.45) is 2.77. The number of likely N-dealkylation sites (N-methyl/N-ethyl adjacent to an activating group) is 1. The lowest BCUT2D eigenvalue weighted by molar-refractivity contribution is -0.126. The molecule has 4 rings (SSSR count). The zero-order valence-electron chi connectivity index (χ0n) is 18.6. The standard InChI is InChI=1S/C23H30FN5O3/c1-27(2)12-9-25-22(30)17-7-10-28(11-8-17)23(31)21-19-14-32-20(13-29(19)15-26-21)16-3-5-18(24)6-4-16/h3-6,15,17,20H,7-14H2,1-2H3,(H,25,30). The van der Waals surface area contributed by atoms with Crippen molar-refractivity contribution in [3.63, 3.8) is 0 Å². The number of nitrogens with zero attached hydrogens (tertiary/aromatic N) is 4. The number of amides is 2. The highest BCUT2D eigenvalue weighted by atomic mass is 19.1. The van der Waals surface area contributed by atoms with Crippen molar-refractivity contribution in [2.45, 2.75) is 32.1 Å². The van der Waals surface area contributed by atoms with Crippen molar-refractivity contribution in [3.8, 4) is 0 Å². The first-order valence-corrected chi connectivity index (χ1v) is 11.0. The number of nitrogens with one attached hydrogen (secondary N) is 1. The molecule has 1 fully saturated rings. The molecule has 0 aliphatic carbocycles. The van der Waals surface area contributed by atoms with Crippen LogP contribution in [0.3, 0.4) is 0 Å². The molecule has 1 aromatic heterocycles. The second-order valence-corrected chi connectivity index (χ2v) is 8.70. The van der Waals surface area contributed by atoms with E-state index in [-0.39, 0.29) is 36.3 Å². The summed E-state index contributed by atoms with van der Waals surface area (Å²) in [5.74, 6) is -0.389. The topological polar surface area (TPSA) is 79.7 Å². The highest BCUT2D eigenvalue weighted by Crippen LogP contribution is 2.29. The van der Waals surface area contributed by atoms with Gasteiger partial charge in [-0.1, -0.05) is 12.1 Å². The number of carbonyl (C=O) groups is 2. The van der Waals surface area contributed by atoms with E-state index in [1.165, 1.54) is 12.1 Å². The molecule has 2 aromatic rings. The zero-order chi connectivity index (χ0) is 22.7. The smallest absolute Gasteiger partial charge is 0.274 e. The maximum atomic E-state index is 13.2. The average molecular weight is 444 g/mol. The van der Waals surface area contributed by atoms with Crippen molar-refractivity contribution < 1.29 is 18.7 Å². The number of hydrogen-bond donors (Lipinski definition) is 1. The number of likely N-dealkylation sites (tertiary alicyclic amines) is 1. The van der Waals surface area contributed by atoms with Gasteiger partial charge in [-0.3, -0.25) is 9.59 Å². The molecule has 0 radical (unpaired) electrons. The minimum absolute atomic E-state index is 0.0584. The lowest BCUT2D eigenvalue weighted by Crippen LogP contribution is -2.44. The Hall–Kier alpha value is -2.78. The molecule has 1 unspecified atom stereocenters. The van der Waals surface area contributed by atoms with Gasteiger partial charge in [0.15, 0.2) is 5.69 Å². The van der Waals surface area contributed by atoms with Gasteiger partial charge in [-0.05, 0) is 44.6 Å². The highest BCUT2D eigenvalue weighted by Gasteiger charge is 2.32. The molecule has 0 saturated carbocycles. The molecule has 1 N–H and O–H groups in total. The van der Waals surface area contributed by atoms with Crippen LogP contribution in [0.25, 0.3) is 0 Å². The van der Waals surface area contributed by atoms with Gasteiger partial charge in [0, 0.05) is 32.1 Å². The van der Waals surface area contributed by atoms with Crippen molar-refractivity contribution in [1.82, 2.24) is 24.7 Å². The Labute approximate surface area is 187 Å². The van der Waals surface area contributed by atoms with Gasteiger partial charge in [-0.25, -0.2) is 9.37 Å². The maximum absolute atomic E-state index is 13.2. The van der Waals surface area contributed by atoms with Gasteiger partial charge >= 0.3 is 0 Å². The van der Waals surface area contributed by atoms with Crippen LogP contribution in [0.15, 0.2) is 30.6 Å². The highest BCUT2D eigenvalue weighted by molar-refractivity contribution is 5.93. The largest absolute Gasteiger partial charge is 0.365 e. The molecule has 172 valence electrons. The van der Waals surface area contributed by atoms with Crippen LogP contribution in [0, 0.1) is 11.7 Å². The van der Waals surface area contributed by atoms with E-state index in [1.54, 1.807) is 23.4 Å². The van der Waals surface area contributed by atoms with Crippen molar-refractivity contribution in [3.05, 3.63) is 53.4 Å². The third-order valence-electron chi connectivity index (χ3n) is 6.19. The van der Waals surface area contributed by atoms with Gasteiger partial charge in [0.05, 0.1) is 25.2 Å². The zero-order valence-corrected chi connectivity index (χ0v) is 18.6. The summed E-state index contributed by atoms with van der Waals surface area (Å²) >= 11 is 0. The Morgan fingerprint density at radius 2 is 1.94 bits per heavy atom. The van der Waals surface area contributed by atoms with Crippen molar-refractivity contribution in [2.75, 3.05) is 40.3 Å². The normalized spacial score (nSPS) is 19.1. The number of ether oxygens (including phenoxy) is 1. The number of piperidine rings is 1. The second-order valence-electron chi connectivity index (χ2n) is 8.70. The number of halogens is 1. The third kappa shape index (κ3) is 4.99. The van der Waals surface area contributed by atoms with E-state index in [4.69, 9.17) is 4.74 Å². The Kier molecular flexibility index (Phi) is 6.86. The van der Waals surface area contributed by atoms with Crippen LogP contribution in [0.5, 0.6) is 0 Å². The molecular formula is C23H30FN5O3. The molecule has 8 nitrogen and oxygen atoms in total. The minimum atomic E-state index is -0.282. The Morgan fingerprint density at radius 3 is 2.62 bits per heavy atom. The predicted octanol–water partition coefficient (Wildman–Crippen LogP) is 1.82. The monoisotopic (exact) mass is 443 g/mol. The van der Waals surface area contributed by atoms with Gasteiger partial charge in [0.1, 0.15) is 11.9 Å². The molecule has 1 atom stereocenters. The van der Waals surface area contributed by atoms with E-state index < -0.39 is 0 Å². The first-order chi connectivity index (χ1) is 15.4. The van der Waals surface area contributed by atoms with Crippen molar-refractivity contribution in [1.29, 1.82) is 0 Å². The molecule has 3 heterocycles. The summed E-state index contributed by atoms with van der Waals surface area (Å²) in [5, 5.41) is 2.98. The van der Waals surface area contributed by atoms with Gasteiger partial charge in [-0.2, -0.15) is 0 Å². The number of imidazole rings is 1. The van der Waals surface area contributed by atoms with Crippen molar-refractivity contribution in [2.24, 2.45) is 5.92 Å². The van der Waals surface area contributed by atoms with E-state index in [0.717, 1.165) is 17.8 Å². The Morgan fingerprint density at radius 1 is 1.22 bits per heavy atom. The van der Waals surface area contributed by atoms with Crippen LogP contribution in [-0.2, 0) is 22.7 Å². The maximum Gasteiger partial charge on any atom is 0.274 e.